The molecule has 0 spiro atoms. The van der Waals surface area contributed by atoms with Gasteiger partial charge in [-0.3, -0.25) is 4.79 Å². The molecule has 0 aliphatic carbocycles. The lowest BCUT2D eigenvalue weighted by molar-refractivity contribution is -0.302. The topological polar surface area (TPSA) is 149 Å². The summed E-state index contributed by atoms with van der Waals surface area (Å²) in [6, 6.07) is -0.716. The molecule has 0 aromatic heterocycles. The van der Waals surface area contributed by atoms with Gasteiger partial charge in [-0.2, -0.15) is 0 Å². The highest BCUT2D eigenvalue weighted by Gasteiger charge is 2.44. The van der Waals surface area contributed by atoms with Crippen LogP contribution in [-0.2, 0) is 14.3 Å². The molecule has 6 N–H and O–H groups in total. The van der Waals surface area contributed by atoms with Crippen molar-refractivity contribution in [3.05, 3.63) is 12.2 Å². The lowest BCUT2D eigenvalue weighted by Crippen LogP contribution is -2.60. The summed E-state index contributed by atoms with van der Waals surface area (Å²) in [6.07, 6.45) is 74.5. The summed E-state index contributed by atoms with van der Waals surface area (Å²) < 4.78 is 11.4. The molecule has 9 heteroatoms. The van der Waals surface area contributed by atoms with Crippen LogP contribution in [0.5, 0.6) is 0 Å². The first-order valence-electron chi connectivity index (χ1n) is 36.9. The van der Waals surface area contributed by atoms with Crippen LogP contribution in [0, 0.1) is 0 Å². The fraction of sp³-hybridized carbons (Fsp3) is 0.959. The molecule has 0 aromatic carbocycles. The number of aliphatic hydroxyl groups excluding tert-OH is 5. The van der Waals surface area contributed by atoms with Crippen LogP contribution in [0.25, 0.3) is 0 Å². The fourth-order valence-corrected chi connectivity index (χ4v) is 12.3. The maximum absolute atomic E-state index is 13.1. The molecule has 1 aliphatic rings. The summed E-state index contributed by atoms with van der Waals surface area (Å²) in [5.41, 5.74) is 0. The molecule has 0 radical (unpaired) electrons. The minimum Gasteiger partial charge on any atom is -0.394 e. The molecule has 1 heterocycles. The largest absolute Gasteiger partial charge is 0.394 e. The number of nitrogens with one attached hydrogen (secondary N) is 1. The molecule has 1 fully saturated rings. The number of hydrogen-bond donors (Lipinski definition) is 6. The quantitative estimate of drug-likeness (QED) is 0.0261. The Kier molecular flexibility index (Phi) is 60.6. The van der Waals surface area contributed by atoms with Crippen LogP contribution in [0.2, 0.25) is 0 Å². The van der Waals surface area contributed by atoms with Crippen LogP contribution in [0.4, 0.5) is 0 Å². The van der Waals surface area contributed by atoms with Crippen LogP contribution in [0.3, 0.4) is 0 Å². The predicted octanol–water partition coefficient (Wildman–Crippen LogP) is 20.3. The van der Waals surface area contributed by atoms with Crippen molar-refractivity contribution in [3.8, 4) is 0 Å². The van der Waals surface area contributed by atoms with Crippen molar-refractivity contribution in [1.82, 2.24) is 5.32 Å². The molecular weight excluding hydrogens is 1020 g/mol. The molecule has 0 bridgehead atoms. The number of amides is 1. The summed E-state index contributed by atoms with van der Waals surface area (Å²) in [7, 11) is 0. The Morgan fingerprint density at radius 3 is 0.988 bits per heavy atom. The zero-order valence-electron chi connectivity index (χ0n) is 54.8. The van der Waals surface area contributed by atoms with Crippen LogP contribution in [0.15, 0.2) is 12.2 Å². The van der Waals surface area contributed by atoms with Crippen molar-refractivity contribution < 1.29 is 39.8 Å². The Balaban J connectivity index is 2.02. The second-order valence-electron chi connectivity index (χ2n) is 26.1. The molecule has 7 atom stereocenters. The standard InChI is InChI=1S/C73H143NO8/c1-3-5-7-9-11-13-15-17-19-21-23-25-26-27-28-29-30-31-32-33-34-35-36-37-38-39-40-41-42-43-45-47-49-51-53-55-57-59-61-63-69(77)74-66(65-81-73-72(80)71(79)70(78)68(64-75)82-73)67(76)62-60-58-56-54-52-50-48-46-44-24-22-20-18-16-14-12-10-8-6-4-2/h21,23,66-68,70-73,75-76,78-80H,3-20,22,24-65H2,1-2H3,(H,74,77)/b23-21-. The number of aliphatic hydroxyl groups is 5. The SMILES string of the molecule is CCCCCCCCCC/C=C\CCCCCCCCCCCCCCCCCCCCCCCCCCCCCC(=O)NC(COC1OC(CO)C(O)C(O)C1O)C(O)CCCCCCCCCCCCCCCCCCCCCC. The van der Waals surface area contributed by atoms with Crippen LogP contribution < -0.4 is 5.32 Å². The van der Waals surface area contributed by atoms with Gasteiger partial charge >= 0.3 is 0 Å². The van der Waals surface area contributed by atoms with E-state index in [2.05, 4.69) is 31.3 Å². The number of rotatable bonds is 66. The van der Waals surface area contributed by atoms with E-state index in [1.54, 1.807) is 0 Å². The molecule has 1 amide bonds. The molecule has 488 valence electrons. The number of carbonyl (C=O) groups excluding carboxylic acids is 1. The van der Waals surface area contributed by atoms with Gasteiger partial charge in [-0.1, -0.05) is 360 Å². The Hall–Kier alpha value is -1.07. The van der Waals surface area contributed by atoms with Gasteiger partial charge in [-0.05, 0) is 38.5 Å². The van der Waals surface area contributed by atoms with E-state index in [0.29, 0.717) is 12.8 Å². The highest BCUT2D eigenvalue weighted by atomic mass is 16.7. The van der Waals surface area contributed by atoms with Crippen molar-refractivity contribution in [2.45, 2.75) is 436 Å². The zero-order chi connectivity index (χ0) is 59.3. The lowest BCUT2D eigenvalue weighted by Gasteiger charge is -2.40. The summed E-state index contributed by atoms with van der Waals surface area (Å²) in [5, 5.41) is 54.9. The third-order valence-electron chi connectivity index (χ3n) is 18.1. The summed E-state index contributed by atoms with van der Waals surface area (Å²) in [6.45, 7) is 3.90. The smallest absolute Gasteiger partial charge is 0.220 e. The maximum Gasteiger partial charge on any atom is 0.220 e. The van der Waals surface area contributed by atoms with E-state index in [4.69, 9.17) is 9.47 Å². The molecule has 1 saturated heterocycles. The van der Waals surface area contributed by atoms with Gasteiger partial charge in [0, 0.05) is 6.42 Å². The average molecular weight is 1160 g/mol. The monoisotopic (exact) mass is 1160 g/mol. The number of ether oxygens (including phenoxy) is 2. The van der Waals surface area contributed by atoms with Gasteiger partial charge in [-0.15, -0.1) is 0 Å². The minimum atomic E-state index is -1.55. The number of carbonyl (C=O) groups is 1. The molecule has 9 nitrogen and oxygen atoms in total. The van der Waals surface area contributed by atoms with Crippen LogP contribution in [-0.4, -0.2) is 87.5 Å². The summed E-state index contributed by atoms with van der Waals surface area (Å²) in [4.78, 5) is 13.1. The van der Waals surface area contributed by atoms with Gasteiger partial charge in [0.2, 0.25) is 5.91 Å². The first-order valence-corrected chi connectivity index (χ1v) is 36.9. The first-order chi connectivity index (χ1) is 40.3. The Morgan fingerprint density at radius 1 is 0.402 bits per heavy atom. The third-order valence-corrected chi connectivity index (χ3v) is 18.1. The van der Waals surface area contributed by atoms with E-state index in [-0.39, 0.29) is 12.5 Å². The molecule has 0 aromatic rings. The van der Waals surface area contributed by atoms with E-state index in [9.17, 15) is 30.3 Å². The number of unbranched alkanes of at least 4 members (excludes halogenated alkanes) is 54. The summed E-state index contributed by atoms with van der Waals surface area (Å²) in [5.74, 6) is -0.134. The zero-order valence-corrected chi connectivity index (χ0v) is 54.8. The number of hydrogen-bond acceptors (Lipinski definition) is 8. The van der Waals surface area contributed by atoms with Gasteiger partial charge in [0.1, 0.15) is 24.4 Å². The normalized spacial score (nSPS) is 18.3. The van der Waals surface area contributed by atoms with E-state index in [1.165, 1.54) is 327 Å². The average Bonchev–Trinajstić information content (AvgIpc) is 3.52. The molecule has 0 saturated carbocycles. The second kappa shape index (κ2) is 63.0. The van der Waals surface area contributed by atoms with E-state index >= 15 is 0 Å². The first kappa shape index (κ1) is 78.9. The van der Waals surface area contributed by atoms with Crippen molar-refractivity contribution in [2.24, 2.45) is 0 Å². The minimum absolute atomic E-state index is 0.131. The number of allylic oxidation sites excluding steroid dienone is 2. The van der Waals surface area contributed by atoms with Gasteiger partial charge in [-0.25, -0.2) is 0 Å². The Morgan fingerprint density at radius 2 is 0.683 bits per heavy atom. The molecule has 1 rings (SSSR count). The molecule has 7 unspecified atom stereocenters. The lowest BCUT2D eigenvalue weighted by atomic mass is 9.99. The van der Waals surface area contributed by atoms with Gasteiger partial charge < -0.3 is 40.3 Å². The van der Waals surface area contributed by atoms with Crippen molar-refractivity contribution in [1.29, 1.82) is 0 Å². The van der Waals surface area contributed by atoms with Crippen LogP contribution >= 0.6 is 0 Å². The third kappa shape index (κ3) is 51.0. The second-order valence-corrected chi connectivity index (χ2v) is 26.1. The highest BCUT2D eigenvalue weighted by molar-refractivity contribution is 5.76. The fourth-order valence-electron chi connectivity index (χ4n) is 12.3. The molecule has 82 heavy (non-hydrogen) atoms. The maximum atomic E-state index is 13.1. The highest BCUT2D eigenvalue weighted by Crippen LogP contribution is 2.24. The van der Waals surface area contributed by atoms with Crippen molar-refractivity contribution in [2.75, 3.05) is 13.2 Å². The summed E-state index contributed by atoms with van der Waals surface area (Å²) >= 11 is 0. The van der Waals surface area contributed by atoms with Crippen LogP contribution in [0.1, 0.15) is 393 Å². The van der Waals surface area contributed by atoms with Gasteiger partial charge in [0.25, 0.3) is 0 Å². The predicted molar refractivity (Wildman–Crippen MR) is 351 cm³/mol. The van der Waals surface area contributed by atoms with Crippen molar-refractivity contribution >= 4 is 5.91 Å². The van der Waals surface area contributed by atoms with Gasteiger partial charge in [0.05, 0.1) is 25.4 Å². The van der Waals surface area contributed by atoms with E-state index < -0.39 is 49.5 Å². The Bertz CT molecular complexity index is 1300. The van der Waals surface area contributed by atoms with E-state index in [0.717, 1.165) is 38.5 Å². The molecule has 1 aliphatic heterocycles. The van der Waals surface area contributed by atoms with Gasteiger partial charge in [0.15, 0.2) is 6.29 Å². The van der Waals surface area contributed by atoms with E-state index in [1.807, 2.05) is 0 Å². The van der Waals surface area contributed by atoms with Crippen molar-refractivity contribution in [3.63, 3.8) is 0 Å². The Labute approximate surface area is 509 Å². The molecular formula is C73H143NO8.